The molecule has 0 fully saturated rings. The summed E-state index contributed by atoms with van der Waals surface area (Å²) in [5.74, 6) is 0. The molecular weight excluding hydrogens is 788 g/mol. The molecule has 0 amide bonds. The summed E-state index contributed by atoms with van der Waals surface area (Å²) in [7, 11) is 0. The first-order valence-corrected chi connectivity index (χ1v) is 19.1. The molecule has 4 heterocycles. The Balaban J connectivity index is 0.00000374. The minimum atomic E-state index is -0.171. The topological polar surface area (TPSA) is 16.2 Å². The largest absolute Gasteiger partial charge is 0.493 e. The number of benzene rings is 8. The van der Waals surface area contributed by atoms with E-state index in [9.17, 15) is 0 Å². The van der Waals surface area contributed by atoms with Crippen molar-refractivity contribution in [2.24, 2.45) is 0 Å². The summed E-state index contributed by atoms with van der Waals surface area (Å²) in [6, 6.07) is 73.0. The fourth-order valence-corrected chi connectivity index (χ4v) is 9.01. The Bertz CT molecular complexity index is 2640. The van der Waals surface area contributed by atoms with Crippen LogP contribution in [0.3, 0.4) is 0 Å². The van der Waals surface area contributed by atoms with Gasteiger partial charge in [-0.25, -0.2) is 0 Å². The molecule has 4 aliphatic rings. The second kappa shape index (κ2) is 13.3. The van der Waals surface area contributed by atoms with Crippen molar-refractivity contribution in [2.45, 2.75) is 0 Å². The summed E-state index contributed by atoms with van der Waals surface area (Å²) in [5, 5.41) is 0. The van der Waals surface area contributed by atoms with Crippen LogP contribution in [0.4, 0.5) is 56.9 Å². The molecule has 8 aromatic rings. The maximum Gasteiger partial charge on any atom is 0.278 e. The molecule has 0 spiro atoms. The molecule has 0 aliphatic carbocycles. The average molecular weight is 820 g/mol. The van der Waals surface area contributed by atoms with Crippen molar-refractivity contribution in [3.05, 3.63) is 207 Å². The SMILES string of the molecule is [Pd].[c-]1c(N2[CH-]N(c3ccccc3)c3ccccc32)ccc2c1B1c3[c-]c(N4[CH-]N(c5ccccc5)c5ccccc54)ccc3-c3ccccc3N1c1ccccc1-2. The van der Waals surface area contributed by atoms with Gasteiger partial charge in [0.1, 0.15) is 0 Å². The van der Waals surface area contributed by atoms with Crippen molar-refractivity contribution >= 4 is 74.6 Å². The molecule has 7 heteroatoms. The molecule has 5 nitrogen and oxygen atoms in total. The van der Waals surface area contributed by atoms with Crippen molar-refractivity contribution in [1.82, 2.24) is 0 Å². The summed E-state index contributed by atoms with van der Waals surface area (Å²) < 4.78 is 0. The molecule has 0 unspecified atom stereocenters. The summed E-state index contributed by atoms with van der Waals surface area (Å²) in [5.41, 5.74) is 18.1. The molecule has 0 saturated heterocycles. The summed E-state index contributed by atoms with van der Waals surface area (Å²) >= 11 is 0. The number of rotatable bonds is 4. The van der Waals surface area contributed by atoms with Gasteiger partial charge in [-0.1, -0.05) is 108 Å². The van der Waals surface area contributed by atoms with Gasteiger partial charge in [0.25, 0.3) is 6.85 Å². The van der Waals surface area contributed by atoms with Gasteiger partial charge in [0.2, 0.25) is 0 Å². The molecule has 4 aliphatic heterocycles. The van der Waals surface area contributed by atoms with Gasteiger partial charge >= 0.3 is 0 Å². The van der Waals surface area contributed by atoms with Gasteiger partial charge in [-0.2, -0.15) is 35.2 Å². The van der Waals surface area contributed by atoms with Gasteiger partial charge in [-0.3, -0.25) is 0 Å². The minimum absolute atomic E-state index is 0. The quantitative estimate of drug-likeness (QED) is 0.129. The van der Waals surface area contributed by atoms with Crippen molar-refractivity contribution in [1.29, 1.82) is 0 Å². The first-order chi connectivity index (χ1) is 27.8. The van der Waals surface area contributed by atoms with Crippen molar-refractivity contribution in [3.8, 4) is 22.3 Å². The van der Waals surface area contributed by atoms with Crippen LogP contribution < -0.4 is 35.3 Å². The Morgan fingerprint density at radius 3 is 1.11 bits per heavy atom. The van der Waals surface area contributed by atoms with Crippen LogP contribution in [-0.2, 0) is 20.4 Å². The molecule has 0 N–H and O–H groups in total. The van der Waals surface area contributed by atoms with Gasteiger partial charge in [0.15, 0.2) is 0 Å². The van der Waals surface area contributed by atoms with E-state index >= 15 is 0 Å². The third kappa shape index (κ3) is 5.13. The number of hydrogen-bond donors (Lipinski definition) is 0. The van der Waals surface area contributed by atoms with Crippen molar-refractivity contribution in [2.75, 3.05) is 24.4 Å². The third-order valence-corrected chi connectivity index (χ3v) is 11.5. The number of anilines is 10. The smallest absolute Gasteiger partial charge is 0.278 e. The molecule has 0 aromatic heterocycles. The third-order valence-electron chi connectivity index (χ3n) is 11.5. The van der Waals surface area contributed by atoms with Crippen LogP contribution in [0, 0.1) is 25.5 Å². The number of fused-ring (bicyclic) bond motifs is 13. The van der Waals surface area contributed by atoms with Gasteiger partial charge in [0.05, 0.1) is 0 Å². The molecular formula is C50H32BN5Pd-4. The summed E-state index contributed by atoms with van der Waals surface area (Å²) in [6.45, 7) is 4.22. The fourth-order valence-electron chi connectivity index (χ4n) is 9.01. The Kier molecular flexibility index (Phi) is 7.89. The van der Waals surface area contributed by atoms with Crippen LogP contribution in [0.25, 0.3) is 22.3 Å². The first-order valence-electron chi connectivity index (χ1n) is 19.1. The molecule has 57 heavy (non-hydrogen) atoms. The first kappa shape index (κ1) is 33.8. The molecule has 12 rings (SSSR count). The van der Waals surface area contributed by atoms with E-state index in [4.69, 9.17) is 0 Å². The van der Waals surface area contributed by atoms with Crippen molar-refractivity contribution in [3.63, 3.8) is 0 Å². The predicted molar refractivity (Wildman–Crippen MR) is 232 cm³/mol. The zero-order chi connectivity index (χ0) is 36.7. The second-order valence-electron chi connectivity index (χ2n) is 14.5. The van der Waals surface area contributed by atoms with Crippen LogP contribution in [0.2, 0.25) is 0 Å². The van der Waals surface area contributed by atoms with E-state index in [0.29, 0.717) is 0 Å². The van der Waals surface area contributed by atoms with E-state index in [0.717, 1.165) is 56.4 Å². The number of para-hydroxylation sites is 8. The molecule has 0 bridgehead atoms. The summed E-state index contributed by atoms with van der Waals surface area (Å²) in [4.78, 5) is 11.6. The molecule has 274 valence electrons. The van der Waals surface area contributed by atoms with Crippen LogP contribution in [0.1, 0.15) is 0 Å². The van der Waals surface area contributed by atoms with E-state index in [1.165, 1.54) is 33.6 Å². The molecule has 8 aromatic carbocycles. The Morgan fingerprint density at radius 1 is 0.333 bits per heavy atom. The van der Waals surface area contributed by atoms with Gasteiger partial charge in [0, 0.05) is 65.9 Å². The molecule has 0 saturated carbocycles. The predicted octanol–water partition coefficient (Wildman–Crippen LogP) is 11.0. The average Bonchev–Trinajstić information content (AvgIpc) is 3.86. The zero-order valence-corrected chi connectivity index (χ0v) is 32.2. The van der Waals surface area contributed by atoms with Gasteiger partial charge < -0.3 is 24.4 Å². The van der Waals surface area contributed by atoms with Crippen molar-refractivity contribution < 1.29 is 20.4 Å². The minimum Gasteiger partial charge on any atom is -0.493 e. The normalized spacial score (nSPS) is 14.2. The maximum absolute atomic E-state index is 4.04. The molecule has 0 radical (unpaired) electrons. The van der Waals surface area contributed by atoms with Gasteiger partial charge in [-0.15, -0.1) is 48.0 Å². The zero-order valence-electron chi connectivity index (χ0n) is 30.6. The van der Waals surface area contributed by atoms with Crippen LogP contribution >= 0.6 is 0 Å². The fraction of sp³-hybridized carbons (Fsp3) is 0. The summed E-state index contributed by atoms with van der Waals surface area (Å²) in [6.07, 6.45) is 0. The Morgan fingerprint density at radius 2 is 0.684 bits per heavy atom. The van der Waals surface area contributed by atoms with E-state index in [2.05, 4.69) is 232 Å². The van der Waals surface area contributed by atoms with Crippen LogP contribution in [-0.4, -0.2) is 6.85 Å². The van der Waals surface area contributed by atoms with E-state index in [-0.39, 0.29) is 27.3 Å². The standard InChI is InChI=1S/C50H32BN5.Pd/c1-3-15-35(16-4-1)52-33-54(49-25-13-11-23-47(49)52)37-27-29-39-41-19-7-9-21-45(41)56-46-22-10-8-20-42(46)40-30-28-38(32-44(40)51(56)43(39)31-37)55-34-53(36-17-5-2-6-18-36)48-24-12-14-26-50(48)55;/h1-30,33-34H;/q-4;. The second-order valence-corrected chi connectivity index (χ2v) is 14.5. The maximum atomic E-state index is 4.04. The van der Waals surface area contributed by atoms with E-state index in [1.54, 1.807) is 0 Å². The number of hydrogen-bond acceptors (Lipinski definition) is 5. The molecule has 0 atom stereocenters. The Labute approximate surface area is 347 Å². The van der Waals surface area contributed by atoms with Crippen LogP contribution in [0.15, 0.2) is 182 Å². The van der Waals surface area contributed by atoms with E-state index < -0.39 is 0 Å². The number of nitrogens with zero attached hydrogens (tertiary/aromatic N) is 5. The van der Waals surface area contributed by atoms with Crippen LogP contribution in [0.5, 0.6) is 0 Å². The monoisotopic (exact) mass is 819 g/mol. The van der Waals surface area contributed by atoms with Gasteiger partial charge in [-0.05, 0) is 60.7 Å². The van der Waals surface area contributed by atoms with E-state index in [1.807, 2.05) is 0 Å². The Hall–Kier alpha value is -6.51.